The molecule has 1 atom stereocenters. The van der Waals surface area contributed by atoms with Crippen molar-refractivity contribution in [2.24, 2.45) is 5.73 Å². The topological polar surface area (TPSA) is 46.2 Å². The molecule has 1 rings (SSSR count). The summed E-state index contributed by atoms with van der Waals surface area (Å²) in [4.78, 5) is 0. The molecule has 0 bridgehead atoms. The standard InChI is InChI=1S/C10H12ClNO/c1-3-9(12)8-5-7(11)4-6(2)10(8)13/h3-5,9,13H,1,12H2,2H3. The van der Waals surface area contributed by atoms with E-state index in [0.29, 0.717) is 10.6 Å². The Morgan fingerprint density at radius 3 is 2.77 bits per heavy atom. The Balaban J connectivity index is 3.27. The number of nitrogens with two attached hydrogens (primary N) is 1. The Morgan fingerprint density at radius 1 is 1.62 bits per heavy atom. The van der Waals surface area contributed by atoms with E-state index in [1.165, 1.54) is 0 Å². The van der Waals surface area contributed by atoms with Crippen LogP contribution in [0.2, 0.25) is 5.02 Å². The van der Waals surface area contributed by atoms with E-state index >= 15 is 0 Å². The van der Waals surface area contributed by atoms with Crippen LogP contribution in [0.4, 0.5) is 0 Å². The van der Waals surface area contributed by atoms with Gasteiger partial charge in [-0.05, 0) is 24.6 Å². The van der Waals surface area contributed by atoms with Crippen LogP contribution in [0.3, 0.4) is 0 Å². The lowest BCUT2D eigenvalue weighted by atomic mass is 10.0. The maximum absolute atomic E-state index is 9.64. The van der Waals surface area contributed by atoms with Gasteiger partial charge in [0.2, 0.25) is 0 Å². The molecule has 70 valence electrons. The molecule has 3 N–H and O–H groups in total. The van der Waals surface area contributed by atoms with Gasteiger partial charge in [-0.2, -0.15) is 0 Å². The van der Waals surface area contributed by atoms with E-state index in [1.807, 2.05) is 0 Å². The first-order valence-electron chi connectivity index (χ1n) is 3.93. The van der Waals surface area contributed by atoms with Gasteiger partial charge in [0.05, 0.1) is 6.04 Å². The number of halogens is 1. The lowest BCUT2D eigenvalue weighted by Gasteiger charge is -2.11. The zero-order chi connectivity index (χ0) is 10.0. The zero-order valence-corrected chi connectivity index (χ0v) is 8.17. The number of aromatic hydroxyl groups is 1. The SMILES string of the molecule is C=CC(N)c1cc(Cl)cc(C)c1O. The monoisotopic (exact) mass is 197 g/mol. The van der Waals surface area contributed by atoms with Gasteiger partial charge in [0.1, 0.15) is 5.75 Å². The first-order valence-corrected chi connectivity index (χ1v) is 4.31. The van der Waals surface area contributed by atoms with Gasteiger partial charge in [-0.3, -0.25) is 0 Å². The molecule has 1 aromatic rings. The molecule has 0 radical (unpaired) electrons. The second-order valence-corrected chi connectivity index (χ2v) is 3.36. The van der Waals surface area contributed by atoms with Crippen LogP contribution in [0.25, 0.3) is 0 Å². The van der Waals surface area contributed by atoms with Crippen LogP contribution >= 0.6 is 11.6 Å². The maximum atomic E-state index is 9.64. The van der Waals surface area contributed by atoms with E-state index in [2.05, 4.69) is 6.58 Å². The first-order chi connectivity index (χ1) is 6.06. The largest absolute Gasteiger partial charge is 0.507 e. The van der Waals surface area contributed by atoms with Crippen molar-refractivity contribution >= 4 is 11.6 Å². The Morgan fingerprint density at radius 2 is 2.23 bits per heavy atom. The molecule has 1 aromatic carbocycles. The molecule has 13 heavy (non-hydrogen) atoms. The number of phenols is 1. The molecule has 0 aliphatic heterocycles. The molecule has 0 aliphatic carbocycles. The van der Waals surface area contributed by atoms with Crippen LogP contribution in [-0.4, -0.2) is 5.11 Å². The van der Waals surface area contributed by atoms with Gasteiger partial charge in [0.15, 0.2) is 0 Å². The van der Waals surface area contributed by atoms with Gasteiger partial charge < -0.3 is 10.8 Å². The van der Waals surface area contributed by atoms with Crippen molar-refractivity contribution in [1.82, 2.24) is 0 Å². The average Bonchev–Trinajstić information content (AvgIpc) is 2.10. The highest BCUT2D eigenvalue weighted by atomic mass is 35.5. The van der Waals surface area contributed by atoms with Gasteiger partial charge in [-0.1, -0.05) is 17.7 Å². The molecule has 1 unspecified atom stereocenters. The minimum absolute atomic E-state index is 0.191. The quantitative estimate of drug-likeness (QED) is 0.716. The Labute approximate surface area is 82.6 Å². The minimum atomic E-state index is -0.377. The van der Waals surface area contributed by atoms with Gasteiger partial charge >= 0.3 is 0 Å². The Kier molecular flexibility index (Phi) is 2.96. The van der Waals surface area contributed by atoms with Gasteiger partial charge in [-0.25, -0.2) is 0 Å². The smallest absolute Gasteiger partial charge is 0.123 e. The second-order valence-electron chi connectivity index (χ2n) is 2.92. The predicted molar refractivity (Wildman–Crippen MR) is 55.0 cm³/mol. The number of hydrogen-bond donors (Lipinski definition) is 2. The third-order valence-electron chi connectivity index (χ3n) is 1.91. The van der Waals surface area contributed by atoms with Crippen molar-refractivity contribution in [2.45, 2.75) is 13.0 Å². The van der Waals surface area contributed by atoms with Gasteiger partial charge in [0, 0.05) is 10.6 Å². The van der Waals surface area contributed by atoms with Crippen molar-refractivity contribution in [3.05, 3.63) is 40.9 Å². The molecule has 0 aliphatic rings. The maximum Gasteiger partial charge on any atom is 0.123 e. The molecule has 0 saturated carbocycles. The molecule has 0 saturated heterocycles. The molecule has 2 nitrogen and oxygen atoms in total. The van der Waals surface area contributed by atoms with Crippen LogP contribution in [0.5, 0.6) is 5.75 Å². The lowest BCUT2D eigenvalue weighted by Crippen LogP contribution is -2.07. The number of hydrogen-bond acceptors (Lipinski definition) is 2. The Hall–Kier alpha value is -0.990. The molecule has 0 amide bonds. The highest BCUT2D eigenvalue weighted by Crippen LogP contribution is 2.30. The van der Waals surface area contributed by atoms with Crippen LogP contribution in [0.15, 0.2) is 24.8 Å². The highest BCUT2D eigenvalue weighted by molar-refractivity contribution is 6.30. The fourth-order valence-corrected chi connectivity index (χ4v) is 1.42. The summed E-state index contributed by atoms with van der Waals surface area (Å²) in [6.45, 7) is 5.34. The summed E-state index contributed by atoms with van der Waals surface area (Å²) in [7, 11) is 0. The zero-order valence-electron chi connectivity index (χ0n) is 7.42. The number of rotatable bonds is 2. The summed E-state index contributed by atoms with van der Waals surface area (Å²) < 4.78 is 0. The van der Waals surface area contributed by atoms with Crippen LogP contribution < -0.4 is 5.73 Å². The lowest BCUT2D eigenvalue weighted by molar-refractivity contribution is 0.462. The Bertz CT molecular complexity index is 336. The van der Waals surface area contributed by atoms with Gasteiger partial charge in [0.25, 0.3) is 0 Å². The van der Waals surface area contributed by atoms with E-state index in [4.69, 9.17) is 17.3 Å². The fraction of sp³-hybridized carbons (Fsp3) is 0.200. The molecule has 0 heterocycles. The molecule has 0 fully saturated rings. The molecule has 3 heteroatoms. The van der Waals surface area contributed by atoms with Crippen molar-refractivity contribution in [3.63, 3.8) is 0 Å². The number of phenolic OH excluding ortho intramolecular Hbond substituents is 1. The predicted octanol–water partition coefficient (Wildman–Crippen LogP) is 2.54. The first kappa shape index (κ1) is 10.1. The fourth-order valence-electron chi connectivity index (χ4n) is 1.14. The van der Waals surface area contributed by atoms with Crippen molar-refractivity contribution in [3.8, 4) is 5.75 Å². The number of aryl methyl sites for hydroxylation is 1. The summed E-state index contributed by atoms with van der Waals surface area (Å²) >= 11 is 5.82. The number of benzene rings is 1. The van der Waals surface area contributed by atoms with Crippen molar-refractivity contribution < 1.29 is 5.11 Å². The van der Waals surface area contributed by atoms with E-state index in [9.17, 15) is 5.11 Å². The van der Waals surface area contributed by atoms with E-state index in [-0.39, 0.29) is 11.8 Å². The normalized spacial score (nSPS) is 12.5. The van der Waals surface area contributed by atoms with E-state index in [0.717, 1.165) is 5.56 Å². The summed E-state index contributed by atoms with van der Waals surface area (Å²) in [5.74, 6) is 0.191. The van der Waals surface area contributed by atoms with Crippen molar-refractivity contribution in [2.75, 3.05) is 0 Å². The third kappa shape index (κ3) is 2.02. The average molecular weight is 198 g/mol. The molecular weight excluding hydrogens is 186 g/mol. The second kappa shape index (κ2) is 3.81. The van der Waals surface area contributed by atoms with Crippen LogP contribution in [0.1, 0.15) is 17.2 Å². The summed E-state index contributed by atoms with van der Waals surface area (Å²) in [6.07, 6.45) is 1.56. The van der Waals surface area contributed by atoms with E-state index < -0.39 is 0 Å². The minimum Gasteiger partial charge on any atom is -0.507 e. The van der Waals surface area contributed by atoms with Crippen molar-refractivity contribution in [1.29, 1.82) is 0 Å². The van der Waals surface area contributed by atoms with E-state index in [1.54, 1.807) is 25.1 Å². The summed E-state index contributed by atoms with van der Waals surface area (Å²) in [5.41, 5.74) is 7.03. The van der Waals surface area contributed by atoms with Crippen LogP contribution in [-0.2, 0) is 0 Å². The third-order valence-corrected chi connectivity index (χ3v) is 2.13. The molecule has 0 aromatic heterocycles. The van der Waals surface area contributed by atoms with Crippen LogP contribution in [0, 0.1) is 6.92 Å². The summed E-state index contributed by atoms with van der Waals surface area (Å²) in [6, 6.07) is 2.96. The molecule has 0 spiro atoms. The summed E-state index contributed by atoms with van der Waals surface area (Å²) in [5, 5.41) is 10.2. The van der Waals surface area contributed by atoms with Gasteiger partial charge in [-0.15, -0.1) is 6.58 Å². The highest BCUT2D eigenvalue weighted by Gasteiger charge is 2.10. The molecular formula is C10H12ClNO.